The molecule has 33 nitrogen and oxygen atoms in total. The molecule has 12 rings (SSSR count). The second kappa shape index (κ2) is 35.1. The summed E-state index contributed by atoms with van der Waals surface area (Å²) in [5.74, 6) is 1.89. The fraction of sp³-hybridized carbons (Fsp3) is 0.221. The number of halogens is 2. The summed E-state index contributed by atoms with van der Waals surface area (Å²) in [6.45, 7) is -7.76. The molecule has 0 saturated carbocycles. The van der Waals surface area contributed by atoms with Crippen LogP contribution in [0.1, 0.15) is 104 Å². The summed E-state index contributed by atoms with van der Waals surface area (Å²) in [4.78, 5) is 111. The number of aromatic hydroxyl groups is 1. The maximum atomic E-state index is 14.0. The van der Waals surface area contributed by atoms with Gasteiger partial charge in [-0.25, -0.2) is 9.59 Å². The van der Waals surface area contributed by atoms with Crippen molar-refractivity contribution in [3.63, 3.8) is 0 Å². The third-order valence-corrected chi connectivity index (χ3v) is 29.5. The average molecular weight is 1670 g/mol. The van der Waals surface area contributed by atoms with E-state index in [2.05, 4.69) is 52.5 Å². The number of carboxylic acid groups (broad SMARTS) is 2. The number of rotatable bonds is 30. The molecule has 1 unspecified atom stereocenters. The van der Waals surface area contributed by atoms with Crippen LogP contribution in [0.2, 0.25) is 10.0 Å². The first-order chi connectivity index (χ1) is 55.0. The molecule has 0 spiro atoms. The second-order valence-electron chi connectivity index (χ2n) is 26.7. The Bertz CT molecular complexity index is 5870. The van der Waals surface area contributed by atoms with Gasteiger partial charge in [0, 0.05) is 113 Å². The number of carbonyl (C=O) groups is 5. The molecule has 6 aromatic carbocycles. The monoisotopic (exact) mass is 1670 g/mol. The van der Waals surface area contributed by atoms with E-state index >= 15 is 0 Å². The van der Waals surface area contributed by atoms with Crippen molar-refractivity contribution in [3.05, 3.63) is 259 Å². The van der Waals surface area contributed by atoms with Gasteiger partial charge < -0.3 is 60.3 Å². The average Bonchev–Trinajstić information content (AvgIpc) is 0.950. The number of ether oxygens (including phenoxy) is 3. The molecule has 0 radical (unpaired) electrons. The number of carbonyl (C=O) groups excluding carboxylic acids is 3. The molecule has 7 aromatic rings. The van der Waals surface area contributed by atoms with Gasteiger partial charge in [-0.2, -0.15) is 0 Å². The zero-order valence-electron chi connectivity index (χ0n) is 61.1. The summed E-state index contributed by atoms with van der Waals surface area (Å²) in [6, 6.07) is 30.6. The van der Waals surface area contributed by atoms with Crippen LogP contribution in [0.15, 0.2) is 176 Å². The van der Waals surface area contributed by atoms with Gasteiger partial charge in [0.05, 0.1) is 59.7 Å². The zero-order valence-corrected chi connectivity index (χ0v) is 65.2. The van der Waals surface area contributed by atoms with Crippen LogP contribution in [0.5, 0.6) is 11.5 Å². The minimum Gasteiger partial charge on any atom is -0.478 e. The van der Waals surface area contributed by atoms with Crippen molar-refractivity contribution in [1.82, 2.24) is 25.5 Å². The van der Waals surface area contributed by atoms with Crippen LogP contribution in [0.3, 0.4) is 0 Å². The Labute approximate surface area is 662 Å². The van der Waals surface area contributed by atoms with Gasteiger partial charge in [-0.05, 0) is 114 Å². The molecule has 5 aliphatic rings. The Kier molecular flexibility index (Phi) is 25.3. The number of hydrogen-bond donors (Lipinski definition) is 11. The number of aromatic amines is 1. The smallest absolute Gasteiger partial charge is 0.337 e. The van der Waals surface area contributed by atoms with Crippen LogP contribution in [-0.2, 0) is 72.7 Å². The number of fused-ring (bicyclic) bond motifs is 4. The summed E-state index contributed by atoms with van der Waals surface area (Å²) in [6.07, 6.45) is 4.80. The molecular formula is C77H70Cl2N8O25P3+. The Morgan fingerprint density at radius 3 is 2.10 bits per heavy atom. The van der Waals surface area contributed by atoms with Crippen LogP contribution in [0, 0.1) is 11.8 Å². The van der Waals surface area contributed by atoms with Gasteiger partial charge in [-0.15, -0.1) is 0 Å². The van der Waals surface area contributed by atoms with E-state index < -0.39 is 86.7 Å². The summed E-state index contributed by atoms with van der Waals surface area (Å²) in [5, 5.41) is 66.0. The normalized spacial score (nSPS) is 15.3. The van der Waals surface area contributed by atoms with E-state index in [1.54, 1.807) is 36.4 Å². The van der Waals surface area contributed by atoms with Crippen molar-refractivity contribution in [1.29, 1.82) is 0 Å². The van der Waals surface area contributed by atoms with Gasteiger partial charge in [-0.3, -0.25) is 19.2 Å². The first-order valence-corrected chi connectivity index (χ1v) is 41.4. The van der Waals surface area contributed by atoms with Gasteiger partial charge >= 0.3 is 185 Å². The molecule has 38 heteroatoms. The number of aromatic nitrogens is 2. The molecule has 1 saturated heterocycles. The summed E-state index contributed by atoms with van der Waals surface area (Å²) < 4.78 is 85.3. The molecule has 1 fully saturated rings. The van der Waals surface area contributed by atoms with Crippen molar-refractivity contribution in [2.45, 2.75) is 57.3 Å². The quantitative estimate of drug-likeness (QED) is 0.00497. The van der Waals surface area contributed by atoms with Gasteiger partial charge in [0.1, 0.15) is 34.6 Å². The number of carboxylic acids is 2. The third-order valence-electron chi connectivity index (χ3n) is 19.0. The number of nitrogens with zero attached hydrogens (tertiary/aromatic N) is 2. The largest absolute Gasteiger partial charge is 0.478 e. The molecule has 4 heterocycles. The molecule has 2 aliphatic carbocycles. The Morgan fingerprint density at radius 2 is 1.43 bits per heavy atom. The topological polar surface area (TPSA) is 460 Å². The van der Waals surface area contributed by atoms with Crippen molar-refractivity contribution >= 4 is 102 Å². The van der Waals surface area contributed by atoms with Crippen molar-refractivity contribution in [2.75, 3.05) is 64.8 Å². The van der Waals surface area contributed by atoms with Gasteiger partial charge in [-0.1, -0.05) is 47.5 Å². The number of hydrogen-bond acceptors (Lipinski definition) is 25. The van der Waals surface area contributed by atoms with Gasteiger partial charge in [0.15, 0.2) is 5.43 Å². The van der Waals surface area contributed by atoms with E-state index in [1.165, 1.54) is 72.9 Å². The Hall–Kier alpha value is -11.5. The van der Waals surface area contributed by atoms with Crippen LogP contribution in [-0.4, -0.2) is 132 Å². The molecule has 596 valence electrons. The van der Waals surface area contributed by atoms with E-state index in [0.29, 0.717) is 45.0 Å². The fourth-order valence-electron chi connectivity index (χ4n) is 13.0. The maximum Gasteiger partial charge on any atom is 0.337 e. The molecule has 115 heavy (non-hydrogen) atoms. The number of quaternary nitrogens is 1. The Morgan fingerprint density at radius 1 is 0.757 bits per heavy atom. The van der Waals surface area contributed by atoms with Crippen LogP contribution in [0.4, 0.5) is 11.4 Å². The van der Waals surface area contributed by atoms with Crippen molar-refractivity contribution in [2.24, 2.45) is 0 Å². The van der Waals surface area contributed by atoms with Crippen LogP contribution in [0.25, 0.3) is 39.0 Å². The van der Waals surface area contributed by atoms with Gasteiger partial charge in [0.25, 0.3) is 17.7 Å². The number of anilines is 2. The van der Waals surface area contributed by atoms with Crippen molar-refractivity contribution in [3.8, 4) is 45.8 Å². The summed E-state index contributed by atoms with van der Waals surface area (Å²) in [7, 11) is -1.02. The van der Waals surface area contributed by atoms with E-state index in [1.807, 2.05) is 69.5 Å². The number of phenols is 1. The minimum atomic E-state index is -6.57. The number of allylic oxidation sites excluding steroid dienone is 1. The van der Waals surface area contributed by atoms with E-state index in [-0.39, 0.29) is 158 Å². The zero-order chi connectivity index (χ0) is 82.3. The van der Waals surface area contributed by atoms with Crippen molar-refractivity contribution < 1.29 is 111 Å². The maximum absolute atomic E-state index is 14.0. The Balaban J connectivity index is 0.665. The summed E-state index contributed by atoms with van der Waals surface area (Å²) in [5.41, 5.74) is 2.98. The van der Waals surface area contributed by atoms with Gasteiger partial charge in [0.2, 0.25) is 0 Å². The van der Waals surface area contributed by atoms with E-state index in [0.717, 1.165) is 15.2 Å². The molecule has 1 aromatic heterocycles. The number of nitrogens with one attached hydrogen (secondary N) is 6. The van der Waals surface area contributed by atoms with E-state index in [4.69, 9.17) is 51.6 Å². The third kappa shape index (κ3) is 17.3. The molecule has 3 atom stereocenters. The first kappa shape index (κ1) is 82.9. The number of H-pyrrole nitrogens is 1. The van der Waals surface area contributed by atoms with Crippen LogP contribution >= 0.6 is 44.6 Å². The first-order valence-electron chi connectivity index (χ1n) is 34.9. The minimum absolute atomic E-state index is 0.00390. The summed E-state index contributed by atoms with van der Waals surface area (Å²) >= 11 is 14.2. The van der Waals surface area contributed by atoms with E-state index in [9.17, 15) is 77.2 Å². The number of benzene rings is 7. The number of phenolic OH excluding ortho intramolecular Hbond substituents is 1. The molecule has 0 bridgehead atoms. The van der Waals surface area contributed by atoms with Crippen LogP contribution < -0.4 is 52.5 Å². The SMILES string of the molecule is CN(C)c1ccc2c(c1)OC1=CC([NH+](C)C)C=CC1=C2c1c(Cl)c(NCc2ccc(C(=O)NCc3c(O)ccc4c(-c5cc(C(=O)NCc6ccc(C(=O)NCCOCC#CCc7cn([C@H]8CC[C@@H](COP(OO)(OOO)(P(=O)=O)P(=O)=O)O8)c(=O)[nH]c7=O)cc6)ccc5C(=O)O)c5ccc(=O)cc-5oc34)cc2)cc(Cl)c1C(=O)O. The standard InChI is InChI=1S/C77H69Cl2N8O25P3/c1-85(2)47-17-22-53-61(32-47)108-62-33-48(86(3)4)18-23-54(62)66(53)68-67(76(96)97)58(78)35-59(69(68)79)81-36-41-8-14-44(15-9-41)72(91)83-38-57-60(89)26-25-55-65(52-24-19-49(88)34-63(52)109-70(55)57)56-31-45(16-21-51(56)75(94)95)73(92)82-37-42-10-12-43(13-11-42)71(90)80-28-30-105-29-6-5-7-46-39-87(77(98)84-74(46)93)64-27-20-50(107-64)40-106-115(111-100,112-110-99,113(101)102)114(103)104/h8-19,21-26,31-35,39,47,50,64,81,89,99-100H,7,20,27-30,36-38,40H2,1-4H3,(H,80,90)(H,82,92)(H,83,91)(H,94,95)(H,96,97)(H,84,93,98)/p+1/t47?,50-,64+/m0/s1. The predicted octanol–water partition coefficient (Wildman–Crippen LogP) is 10.6. The number of aromatic carboxylic acids is 2. The fourth-order valence-corrected chi connectivity index (χ4v) is 18.1. The number of amides is 3. The predicted molar refractivity (Wildman–Crippen MR) is 417 cm³/mol. The molecule has 3 aliphatic heterocycles. The molecular weight excluding hydrogens is 1600 g/mol. The molecule has 11 N–H and O–H groups in total. The second-order valence-corrected chi connectivity index (χ2v) is 37.7. The molecule has 3 amide bonds. The number of likely N-dealkylation sites (N-methyl/N-ethyl adjacent to an activating group) is 1.